The van der Waals surface area contributed by atoms with Gasteiger partial charge in [-0.2, -0.15) is 0 Å². The SMILES string of the molecule is Cc1cc(C(=O)N2CCCC2c2cncc(-c3c(C)noc3C)n2)on1. The highest BCUT2D eigenvalue weighted by atomic mass is 16.5. The number of aryl methyl sites for hydroxylation is 3. The van der Waals surface area contributed by atoms with Crippen molar-refractivity contribution in [3.63, 3.8) is 0 Å². The number of aromatic nitrogens is 4. The van der Waals surface area contributed by atoms with Crippen molar-refractivity contribution in [2.45, 2.75) is 39.7 Å². The molecule has 0 aliphatic carbocycles. The lowest BCUT2D eigenvalue weighted by Crippen LogP contribution is -2.30. The van der Waals surface area contributed by atoms with E-state index in [-0.39, 0.29) is 17.7 Å². The van der Waals surface area contributed by atoms with E-state index in [0.29, 0.717) is 23.7 Å². The lowest BCUT2D eigenvalue weighted by atomic mass is 10.1. The number of likely N-dealkylation sites (tertiary alicyclic amines) is 1. The van der Waals surface area contributed by atoms with E-state index in [1.54, 1.807) is 30.3 Å². The minimum atomic E-state index is -0.169. The molecule has 1 atom stereocenters. The number of hydrogen-bond acceptors (Lipinski definition) is 7. The van der Waals surface area contributed by atoms with Crippen LogP contribution in [-0.4, -0.2) is 37.6 Å². The van der Waals surface area contributed by atoms with Crippen molar-refractivity contribution in [2.24, 2.45) is 0 Å². The molecular formula is C18H19N5O3. The van der Waals surface area contributed by atoms with E-state index in [2.05, 4.69) is 15.3 Å². The van der Waals surface area contributed by atoms with Gasteiger partial charge in [0.25, 0.3) is 5.91 Å². The van der Waals surface area contributed by atoms with Gasteiger partial charge in [0.2, 0.25) is 5.76 Å². The van der Waals surface area contributed by atoms with Crippen LogP contribution in [0.15, 0.2) is 27.5 Å². The summed E-state index contributed by atoms with van der Waals surface area (Å²) in [6.45, 7) is 6.17. The molecule has 134 valence electrons. The van der Waals surface area contributed by atoms with Crippen LogP contribution < -0.4 is 0 Å². The van der Waals surface area contributed by atoms with Crippen LogP contribution in [0.2, 0.25) is 0 Å². The van der Waals surface area contributed by atoms with Gasteiger partial charge < -0.3 is 13.9 Å². The highest BCUT2D eigenvalue weighted by Crippen LogP contribution is 2.33. The summed E-state index contributed by atoms with van der Waals surface area (Å²) in [5.41, 5.74) is 3.76. The van der Waals surface area contributed by atoms with Crippen LogP contribution in [0.25, 0.3) is 11.3 Å². The first-order valence-corrected chi connectivity index (χ1v) is 8.54. The summed E-state index contributed by atoms with van der Waals surface area (Å²) in [5.74, 6) is 0.785. The second-order valence-electron chi connectivity index (χ2n) is 6.52. The van der Waals surface area contributed by atoms with E-state index in [1.807, 2.05) is 13.8 Å². The smallest absolute Gasteiger partial charge is 0.293 e. The minimum Gasteiger partial charge on any atom is -0.361 e. The van der Waals surface area contributed by atoms with Gasteiger partial charge in [0.1, 0.15) is 5.76 Å². The molecule has 0 bridgehead atoms. The molecule has 1 aliphatic rings. The number of hydrogen-bond donors (Lipinski definition) is 0. The zero-order chi connectivity index (χ0) is 18.3. The molecule has 0 N–H and O–H groups in total. The van der Waals surface area contributed by atoms with E-state index in [4.69, 9.17) is 14.0 Å². The monoisotopic (exact) mass is 353 g/mol. The number of carbonyl (C=O) groups excluding carboxylic acids is 1. The standard InChI is InChI=1S/C18H19N5O3/c1-10-7-16(26-21-10)18(24)23-6-4-5-15(23)13-8-19-9-14(20-13)17-11(2)22-25-12(17)3/h7-9,15H,4-6H2,1-3H3. The fraction of sp³-hybridized carbons (Fsp3) is 0.389. The summed E-state index contributed by atoms with van der Waals surface area (Å²) in [6.07, 6.45) is 5.14. The Morgan fingerprint density at radius 3 is 2.73 bits per heavy atom. The summed E-state index contributed by atoms with van der Waals surface area (Å²) >= 11 is 0. The van der Waals surface area contributed by atoms with Gasteiger partial charge in [-0.05, 0) is 33.6 Å². The lowest BCUT2D eigenvalue weighted by Gasteiger charge is -2.23. The fourth-order valence-corrected chi connectivity index (χ4v) is 3.43. The Hall–Kier alpha value is -3.03. The van der Waals surface area contributed by atoms with Crippen LogP contribution >= 0.6 is 0 Å². The maximum atomic E-state index is 12.8. The van der Waals surface area contributed by atoms with Gasteiger partial charge in [-0.3, -0.25) is 9.78 Å². The Morgan fingerprint density at radius 2 is 2.04 bits per heavy atom. The predicted octanol–water partition coefficient (Wildman–Crippen LogP) is 3.02. The molecule has 1 amide bonds. The molecule has 1 saturated heterocycles. The molecule has 1 unspecified atom stereocenters. The summed E-state index contributed by atoms with van der Waals surface area (Å²) in [5, 5.41) is 7.78. The van der Waals surface area contributed by atoms with Gasteiger partial charge in [0.15, 0.2) is 0 Å². The molecule has 4 heterocycles. The van der Waals surface area contributed by atoms with Crippen LogP contribution in [0.1, 0.15) is 52.3 Å². The van der Waals surface area contributed by atoms with Crippen molar-refractivity contribution in [1.82, 2.24) is 25.2 Å². The summed E-state index contributed by atoms with van der Waals surface area (Å²) in [6, 6.07) is 1.52. The summed E-state index contributed by atoms with van der Waals surface area (Å²) in [4.78, 5) is 23.6. The van der Waals surface area contributed by atoms with Crippen molar-refractivity contribution in [3.8, 4) is 11.3 Å². The Bertz CT molecular complexity index is 942. The van der Waals surface area contributed by atoms with Gasteiger partial charge in [-0.1, -0.05) is 10.3 Å². The van der Waals surface area contributed by atoms with Crippen LogP contribution in [0.3, 0.4) is 0 Å². The average Bonchev–Trinajstić information content (AvgIpc) is 3.35. The highest BCUT2D eigenvalue weighted by molar-refractivity contribution is 5.92. The molecule has 1 aliphatic heterocycles. The molecule has 8 nitrogen and oxygen atoms in total. The zero-order valence-electron chi connectivity index (χ0n) is 14.9. The van der Waals surface area contributed by atoms with Gasteiger partial charge >= 0.3 is 0 Å². The highest BCUT2D eigenvalue weighted by Gasteiger charge is 2.33. The Balaban J connectivity index is 1.66. The fourth-order valence-electron chi connectivity index (χ4n) is 3.43. The van der Waals surface area contributed by atoms with Crippen molar-refractivity contribution >= 4 is 5.91 Å². The van der Waals surface area contributed by atoms with Gasteiger partial charge in [0, 0.05) is 12.6 Å². The molecule has 0 spiro atoms. The van der Waals surface area contributed by atoms with E-state index in [1.165, 1.54) is 0 Å². The molecule has 3 aromatic heterocycles. The van der Waals surface area contributed by atoms with E-state index < -0.39 is 0 Å². The first-order valence-electron chi connectivity index (χ1n) is 8.54. The second-order valence-corrected chi connectivity index (χ2v) is 6.52. The maximum Gasteiger partial charge on any atom is 0.293 e. The number of amides is 1. The number of nitrogens with zero attached hydrogens (tertiary/aromatic N) is 5. The first-order chi connectivity index (χ1) is 12.5. The Kier molecular flexibility index (Phi) is 4.02. The number of rotatable bonds is 3. The van der Waals surface area contributed by atoms with Crippen LogP contribution in [0, 0.1) is 20.8 Å². The number of carbonyl (C=O) groups is 1. The zero-order valence-corrected chi connectivity index (χ0v) is 14.9. The van der Waals surface area contributed by atoms with E-state index >= 15 is 0 Å². The van der Waals surface area contributed by atoms with Crippen LogP contribution in [-0.2, 0) is 0 Å². The second kappa shape index (κ2) is 6.36. The van der Waals surface area contributed by atoms with E-state index in [9.17, 15) is 4.79 Å². The van der Waals surface area contributed by atoms with Crippen LogP contribution in [0.5, 0.6) is 0 Å². The van der Waals surface area contributed by atoms with Gasteiger partial charge in [-0.25, -0.2) is 4.98 Å². The first kappa shape index (κ1) is 16.4. The molecule has 3 aromatic rings. The topological polar surface area (TPSA) is 98.2 Å². The molecule has 26 heavy (non-hydrogen) atoms. The Morgan fingerprint density at radius 1 is 1.19 bits per heavy atom. The largest absolute Gasteiger partial charge is 0.361 e. The molecule has 4 rings (SSSR count). The normalized spacial score (nSPS) is 17.0. The molecule has 0 radical (unpaired) electrons. The molecule has 0 saturated carbocycles. The molecule has 8 heteroatoms. The third-order valence-electron chi connectivity index (χ3n) is 4.64. The van der Waals surface area contributed by atoms with Gasteiger partial charge in [0.05, 0.1) is 46.8 Å². The quantitative estimate of drug-likeness (QED) is 0.713. The van der Waals surface area contributed by atoms with Crippen molar-refractivity contribution in [3.05, 3.63) is 47.1 Å². The predicted molar refractivity (Wildman–Crippen MR) is 91.3 cm³/mol. The average molecular weight is 353 g/mol. The van der Waals surface area contributed by atoms with Gasteiger partial charge in [-0.15, -0.1) is 0 Å². The third kappa shape index (κ3) is 2.77. The van der Waals surface area contributed by atoms with E-state index in [0.717, 1.165) is 29.8 Å². The Labute approximate surface area is 150 Å². The minimum absolute atomic E-state index is 0.138. The van der Waals surface area contributed by atoms with Crippen molar-refractivity contribution < 1.29 is 13.8 Å². The summed E-state index contributed by atoms with van der Waals surface area (Å²) < 4.78 is 10.4. The third-order valence-corrected chi connectivity index (χ3v) is 4.64. The molecular weight excluding hydrogens is 334 g/mol. The van der Waals surface area contributed by atoms with Crippen molar-refractivity contribution in [1.29, 1.82) is 0 Å². The van der Waals surface area contributed by atoms with Crippen molar-refractivity contribution in [2.75, 3.05) is 6.54 Å². The molecule has 1 fully saturated rings. The molecule has 0 aromatic carbocycles. The van der Waals surface area contributed by atoms with Crippen LogP contribution in [0.4, 0.5) is 0 Å². The maximum absolute atomic E-state index is 12.8. The summed E-state index contributed by atoms with van der Waals surface area (Å²) in [7, 11) is 0. The lowest BCUT2D eigenvalue weighted by molar-refractivity contribution is 0.0690.